The van der Waals surface area contributed by atoms with Crippen LogP contribution in [-0.4, -0.2) is 56.1 Å². The topological polar surface area (TPSA) is 61.9 Å². The van der Waals surface area contributed by atoms with E-state index in [0.717, 1.165) is 37.6 Å². The lowest BCUT2D eigenvalue weighted by molar-refractivity contribution is -0.130. The summed E-state index contributed by atoms with van der Waals surface area (Å²) in [6, 6.07) is 12.8. The SMILES string of the molecule is CCN(CC(=O)Nc1ccc(N2CCOCC2)cc1)C(=O)/C=C/c1ccc(Cl)c(Cl)c1. The Labute approximate surface area is 192 Å². The Kier molecular flexibility index (Phi) is 8.35. The van der Waals surface area contributed by atoms with E-state index in [4.69, 9.17) is 27.9 Å². The molecule has 1 heterocycles. The Morgan fingerprint density at radius 2 is 1.81 bits per heavy atom. The van der Waals surface area contributed by atoms with Crippen LogP contribution in [0.2, 0.25) is 10.0 Å². The molecule has 0 saturated carbocycles. The van der Waals surface area contributed by atoms with Crippen LogP contribution in [0.3, 0.4) is 0 Å². The number of carbonyl (C=O) groups excluding carboxylic acids is 2. The maximum absolute atomic E-state index is 12.5. The highest BCUT2D eigenvalue weighted by Crippen LogP contribution is 2.23. The van der Waals surface area contributed by atoms with Crippen molar-refractivity contribution in [3.63, 3.8) is 0 Å². The lowest BCUT2D eigenvalue weighted by atomic mass is 10.2. The third-order valence-electron chi connectivity index (χ3n) is 4.92. The molecule has 1 N–H and O–H groups in total. The van der Waals surface area contributed by atoms with Gasteiger partial charge in [-0.25, -0.2) is 0 Å². The first-order valence-electron chi connectivity index (χ1n) is 10.1. The Bertz CT molecular complexity index is 942. The Morgan fingerprint density at radius 1 is 1.10 bits per heavy atom. The molecule has 0 bridgehead atoms. The predicted molar refractivity (Wildman–Crippen MR) is 126 cm³/mol. The maximum atomic E-state index is 12.5. The molecule has 2 aromatic rings. The van der Waals surface area contributed by atoms with E-state index >= 15 is 0 Å². The summed E-state index contributed by atoms with van der Waals surface area (Å²) in [5, 5.41) is 3.72. The van der Waals surface area contributed by atoms with Crippen molar-refractivity contribution in [3.8, 4) is 0 Å². The van der Waals surface area contributed by atoms with E-state index < -0.39 is 0 Å². The molecule has 0 aromatic heterocycles. The van der Waals surface area contributed by atoms with Crippen LogP contribution in [0.1, 0.15) is 12.5 Å². The summed E-state index contributed by atoms with van der Waals surface area (Å²) in [7, 11) is 0. The number of nitrogens with zero attached hydrogens (tertiary/aromatic N) is 2. The number of ether oxygens (including phenoxy) is 1. The Morgan fingerprint density at radius 3 is 2.45 bits per heavy atom. The molecule has 6 nitrogen and oxygen atoms in total. The molecule has 1 fully saturated rings. The fourth-order valence-corrected chi connectivity index (χ4v) is 3.49. The van der Waals surface area contributed by atoms with Crippen LogP contribution in [0.15, 0.2) is 48.5 Å². The molecule has 0 spiro atoms. The third kappa shape index (κ3) is 6.72. The molecule has 2 amide bonds. The van der Waals surface area contributed by atoms with E-state index in [1.807, 2.05) is 31.2 Å². The van der Waals surface area contributed by atoms with Crippen molar-refractivity contribution in [2.45, 2.75) is 6.92 Å². The largest absolute Gasteiger partial charge is 0.378 e. The molecule has 1 aliphatic rings. The number of amides is 2. The minimum absolute atomic E-state index is 0.0355. The lowest BCUT2D eigenvalue weighted by Crippen LogP contribution is -2.37. The van der Waals surface area contributed by atoms with Gasteiger partial charge in [0.25, 0.3) is 0 Å². The highest BCUT2D eigenvalue weighted by Gasteiger charge is 2.14. The van der Waals surface area contributed by atoms with Gasteiger partial charge in [0.05, 0.1) is 23.3 Å². The van der Waals surface area contributed by atoms with Gasteiger partial charge in [0, 0.05) is 37.1 Å². The van der Waals surface area contributed by atoms with Gasteiger partial charge in [-0.15, -0.1) is 0 Å². The number of carbonyl (C=O) groups is 2. The second kappa shape index (κ2) is 11.2. The van der Waals surface area contributed by atoms with E-state index in [2.05, 4.69) is 10.2 Å². The number of benzene rings is 2. The standard InChI is InChI=1S/C23H25Cl2N3O3/c1-2-27(23(30)10-4-17-3-9-20(24)21(25)15-17)16-22(29)26-18-5-7-19(8-6-18)28-11-13-31-14-12-28/h3-10,15H,2,11-14,16H2,1H3,(H,26,29)/b10-4+. The average molecular weight is 462 g/mol. The number of hydrogen-bond donors (Lipinski definition) is 1. The highest BCUT2D eigenvalue weighted by molar-refractivity contribution is 6.42. The van der Waals surface area contributed by atoms with E-state index in [1.165, 1.54) is 11.0 Å². The lowest BCUT2D eigenvalue weighted by Gasteiger charge is -2.29. The Hall–Kier alpha value is -2.54. The summed E-state index contributed by atoms with van der Waals surface area (Å²) in [5.74, 6) is -0.511. The quantitative estimate of drug-likeness (QED) is 0.623. The first-order chi connectivity index (χ1) is 15.0. The van der Waals surface area contributed by atoms with Crippen LogP contribution in [0, 0.1) is 0 Å². The molecular weight excluding hydrogens is 437 g/mol. The summed E-state index contributed by atoms with van der Waals surface area (Å²) in [4.78, 5) is 28.6. The fraction of sp³-hybridized carbons (Fsp3) is 0.304. The first-order valence-corrected chi connectivity index (χ1v) is 10.9. The maximum Gasteiger partial charge on any atom is 0.247 e. The normalized spacial score (nSPS) is 14.0. The van der Waals surface area contributed by atoms with Crippen molar-refractivity contribution in [3.05, 3.63) is 64.1 Å². The summed E-state index contributed by atoms with van der Waals surface area (Å²) in [6.07, 6.45) is 3.07. The van der Waals surface area contributed by atoms with Gasteiger partial charge in [-0.1, -0.05) is 29.3 Å². The number of anilines is 2. The number of halogens is 2. The molecule has 0 aliphatic carbocycles. The highest BCUT2D eigenvalue weighted by atomic mass is 35.5. The summed E-state index contributed by atoms with van der Waals surface area (Å²) >= 11 is 11.9. The molecule has 1 aliphatic heterocycles. The van der Waals surface area contributed by atoms with E-state index in [0.29, 0.717) is 22.3 Å². The minimum Gasteiger partial charge on any atom is -0.378 e. The molecular formula is C23H25Cl2N3O3. The monoisotopic (exact) mass is 461 g/mol. The molecule has 31 heavy (non-hydrogen) atoms. The molecule has 164 valence electrons. The second-order valence-electron chi connectivity index (χ2n) is 7.05. The van der Waals surface area contributed by atoms with Crippen molar-refractivity contribution in [2.75, 3.05) is 49.6 Å². The number of rotatable bonds is 7. The van der Waals surface area contributed by atoms with Crippen molar-refractivity contribution in [1.82, 2.24) is 4.90 Å². The van der Waals surface area contributed by atoms with Crippen molar-refractivity contribution < 1.29 is 14.3 Å². The Balaban J connectivity index is 1.54. The minimum atomic E-state index is -0.258. The van der Waals surface area contributed by atoms with Crippen LogP contribution >= 0.6 is 23.2 Å². The third-order valence-corrected chi connectivity index (χ3v) is 5.66. The zero-order valence-corrected chi connectivity index (χ0v) is 18.8. The van der Waals surface area contributed by atoms with E-state index in [-0.39, 0.29) is 18.4 Å². The number of likely N-dealkylation sites (N-methyl/N-ethyl adjacent to an activating group) is 1. The molecule has 8 heteroatoms. The number of nitrogens with one attached hydrogen (secondary N) is 1. The van der Waals surface area contributed by atoms with Crippen LogP contribution in [0.25, 0.3) is 6.08 Å². The zero-order chi connectivity index (χ0) is 22.2. The first kappa shape index (κ1) is 23.1. The van der Waals surface area contributed by atoms with Crippen molar-refractivity contribution >= 4 is 52.5 Å². The fourth-order valence-electron chi connectivity index (χ4n) is 3.19. The van der Waals surface area contributed by atoms with Gasteiger partial charge >= 0.3 is 0 Å². The van der Waals surface area contributed by atoms with Gasteiger partial charge in [0.2, 0.25) is 11.8 Å². The van der Waals surface area contributed by atoms with Crippen molar-refractivity contribution in [1.29, 1.82) is 0 Å². The van der Waals surface area contributed by atoms with Crippen LogP contribution in [0.5, 0.6) is 0 Å². The predicted octanol–water partition coefficient (Wildman–Crippen LogP) is 4.33. The summed E-state index contributed by atoms with van der Waals surface area (Å²) < 4.78 is 5.37. The van der Waals surface area contributed by atoms with Crippen LogP contribution < -0.4 is 10.2 Å². The van der Waals surface area contributed by atoms with Gasteiger partial charge in [-0.3, -0.25) is 9.59 Å². The van der Waals surface area contributed by atoms with Gasteiger partial charge in [0.1, 0.15) is 6.54 Å². The molecule has 2 aromatic carbocycles. The van der Waals surface area contributed by atoms with E-state index in [1.54, 1.807) is 24.3 Å². The molecule has 1 saturated heterocycles. The molecule has 0 radical (unpaired) electrons. The molecule has 0 unspecified atom stereocenters. The van der Waals surface area contributed by atoms with Gasteiger partial charge < -0.3 is 19.9 Å². The zero-order valence-electron chi connectivity index (χ0n) is 17.3. The average Bonchev–Trinajstić information content (AvgIpc) is 2.79. The number of hydrogen-bond acceptors (Lipinski definition) is 4. The molecule has 3 rings (SSSR count). The second-order valence-corrected chi connectivity index (χ2v) is 7.87. The van der Waals surface area contributed by atoms with Gasteiger partial charge in [-0.2, -0.15) is 0 Å². The van der Waals surface area contributed by atoms with Crippen LogP contribution in [-0.2, 0) is 14.3 Å². The van der Waals surface area contributed by atoms with Gasteiger partial charge in [0.15, 0.2) is 0 Å². The summed E-state index contributed by atoms with van der Waals surface area (Å²) in [6.45, 7) is 5.36. The van der Waals surface area contributed by atoms with Crippen molar-refractivity contribution in [2.24, 2.45) is 0 Å². The smallest absolute Gasteiger partial charge is 0.247 e. The molecule has 0 atom stereocenters. The number of morpholine rings is 1. The van der Waals surface area contributed by atoms with Gasteiger partial charge in [-0.05, 0) is 55.0 Å². The van der Waals surface area contributed by atoms with E-state index in [9.17, 15) is 9.59 Å². The van der Waals surface area contributed by atoms with Crippen LogP contribution in [0.4, 0.5) is 11.4 Å². The summed E-state index contributed by atoms with van der Waals surface area (Å²) in [5.41, 5.74) is 2.54.